The van der Waals surface area contributed by atoms with E-state index in [-0.39, 0.29) is 27.1 Å². The first kappa shape index (κ1) is 39.3. The third kappa shape index (κ3) is 5.09. The maximum Gasteiger partial charge on any atom is 0.139 e. The highest BCUT2D eigenvalue weighted by molar-refractivity contribution is 5.83. The van der Waals surface area contributed by atoms with Gasteiger partial charge in [0, 0.05) is 39.2 Å². The number of ether oxygens (including phenoxy) is 1. The summed E-state index contributed by atoms with van der Waals surface area (Å²) in [5, 5.41) is 0. The van der Waals surface area contributed by atoms with Crippen LogP contribution in [-0.2, 0) is 27.1 Å². The summed E-state index contributed by atoms with van der Waals surface area (Å²) in [5.41, 5.74) is 18.8. The van der Waals surface area contributed by atoms with E-state index < -0.39 is 0 Å². The van der Waals surface area contributed by atoms with Crippen molar-refractivity contribution < 1.29 is 4.74 Å². The Morgan fingerprint density at radius 2 is 1.00 bits per heavy atom. The molecule has 324 valence electrons. The molecule has 2 heteroatoms. The molecule has 0 N–H and O–H groups in total. The zero-order valence-corrected chi connectivity index (χ0v) is 39.4. The van der Waals surface area contributed by atoms with Crippen LogP contribution in [0, 0.1) is 29.1 Å². The van der Waals surface area contributed by atoms with Crippen LogP contribution in [0.5, 0.6) is 11.5 Å². The Labute approximate surface area is 382 Å². The second kappa shape index (κ2) is 12.8. The Morgan fingerprint density at radius 1 is 0.453 bits per heavy atom. The van der Waals surface area contributed by atoms with Crippen LogP contribution in [0.1, 0.15) is 140 Å². The predicted octanol–water partition coefficient (Wildman–Crippen LogP) is 16.6. The Kier molecular flexibility index (Phi) is 7.88. The topological polar surface area (TPSA) is 12.5 Å². The molecule has 1 heterocycles. The number of anilines is 3. The number of nitrogens with zero attached hydrogens (tertiary/aromatic N) is 1. The minimum atomic E-state index is 0.0788. The van der Waals surface area contributed by atoms with E-state index in [1.807, 2.05) is 0 Å². The predicted molar refractivity (Wildman–Crippen MR) is 265 cm³/mol. The molecule has 4 fully saturated rings. The molecule has 6 unspecified atom stereocenters. The van der Waals surface area contributed by atoms with Gasteiger partial charge in [-0.2, -0.15) is 0 Å². The van der Waals surface area contributed by atoms with Gasteiger partial charge in [-0.1, -0.05) is 140 Å². The second-order valence-corrected chi connectivity index (χ2v) is 24.3. The molecular formula is C62H65NO. The molecular weight excluding hydrogens is 775 g/mol. The normalized spacial score (nSPS) is 29.5. The lowest BCUT2D eigenvalue weighted by Gasteiger charge is -2.77. The van der Waals surface area contributed by atoms with Crippen molar-refractivity contribution in [2.45, 2.75) is 134 Å². The van der Waals surface area contributed by atoms with E-state index >= 15 is 0 Å². The van der Waals surface area contributed by atoms with Gasteiger partial charge in [0.05, 0.1) is 0 Å². The van der Waals surface area contributed by atoms with Gasteiger partial charge < -0.3 is 9.64 Å². The van der Waals surface area contributed by atoms with Crippen LogP contribution in [-0.4, -0.2) is 0 Å². The van der Waals surface area contributed by atoms with Crippen molar-refractivity contribution in [2.75, 3.05) is 4.90 Å². The van der Waals surface area contributed by atoms with Crippen molar-refractivity contribution in [3.63, 3.8) is 0 Å². The summed E-state index contributed by atoms with van der Waals surface area (Å²) in [6.07, 6.45) is 10.6. The second-order valence-electron chi connectivity index (χ2n) is 24.3. The number of benzene rings is 6. The smallest absolute Gasteiger partial charge is 0.139 e. The minimum absolute atomic E-state index is 0.0788. The molecule has 6 aromatic rings. The first-order chi connectivity index (χ1) is 30.6. The molecule has 2 nitrogen and oxygen atoms in total. The van der Waals surface area contributed by atoms with Gasteiger partial charge in [0.1, 0.15) is 11.5 Å². The molecule has 13 rings (SSSR count). The first-order valence-electron chi connectivity index (χ1n) is 24.8. The third-order valence-corrected chi connectivity index (χ3v) is 19.4. The Bertz CT molecular complexity index is 2910. The van der Waals surface area contributed by atoms with E-state index in [0.29, 0.717) is 5.41 Å². The van der Waals surface area contributed by atoms with Crippen LogP contribution >= 0.6 is 0 Å². The fourth-order valence-corrected chi connectivity index (χ4v) is 15.9. The average Bonchev–Trinajstić information content (AvgIpc) is 3.82. The quantitative estimate of drug-likeness (QED) is 0.171. The fraction of sp³-hybridized carbons (Fsp3) is 0.419. The van der Waals surface area contributed by atoms with Crippen LogP contribution in [0.4, 0.5) is 17.1 Å². The summed E-state index contributed by atoms with van der Waals surface area (Å²) in [7, 11) is 0. The zero-order chi connectivity index (χ0) is 43.8. The maximum atomic E-state index is 7.08. The lowest BCUT2D eigenvalue weighted by atomic mass is 9.26. The van der Waals surface area contributed by atoms with E-state index in [1.54, 1.807) is 0 Å². The van der Waals surface area contributed by atoms with Crippen LogP contribution in [0.2, 0.25) is 0 Å². The highest BCUT2D eigenvalue weighted by Gasteiger charge is 2.84. The van der Waals surface area contributed by atoms with Gasteiger partial charge in [0.25, 0.3) is 0 Å². The van der Waals surface area contributed by atoms with E-state index in [1.165, 1.54) is 118 Å². The minimum Gasteiger partial charge on any atom is -0.456 e. The standard InChI is InChI=1S/C62H65NO/c1-57(2)28-30-59(5,6)51-34-41(20-26-47(51)57)39-16-21-43(22-17-39)63(45-25-27-48-52(36-45)60(7,8)31-29-58(48,3)4)44-23-18-40(19-24-44)46-12-11-14-50-56(46)64-53-15-10-9-13-49(53)62(50)54-33-38-32-42-35-55(62)61(42,54)37-38/h9-27,34,36,38,42,54-55H,28-33,35,37H2,1-8H3. The van der Waals surface area contributed by atoms with Gasteiger partial charge in [0.15, 0.2) is 0 Å². The van der Waals surface area contributed by atoms with Gasteiger partial charge in [-0.3, -0.25) is 0 Å². The summed E-state index contributed by atoms with van der Waals surface area (Å²) < 4.78 is 7.08. The van der Waals surface area contributed by atoms with E-state index in [9.17, 15) is 0 Å². The van der Waals surface area contributed by atoms with Gasteiger partial charge in [-0.15, -0.1) is 0 Å². The molecule has 6 atom stereocenters. The molecule has 0 saturated heterocycles. The number of hydrogen-bond donors (Lipinski definition) is 0. The summed E-state index contributed by atoms with van der Waals surface area (Å²) in [5.74, 6) is 5.53. The summed E-state index contributed by atoms with van der Waals surface area (Å²) in [6, 6.07) is 49.5. The number of rotatable bonds is 5. The Morgan fingerprint density at radius 3 is 1.67 bits per heavy atom. The fourth-order valence-electron chi connectivity index (χ4n) is 15.9. The molecule has 4 saturated carbocycles. The largest absolute Gasteiger partial charge is 0.456 e. The Balaban J connectivity index is 0.902. The van der Waals surface area contributed by atoms with Crippen molar-refractivity contribution in [3.05, 3.63) is 161 Å². The molecule has 64 heavy (non-hydrogen) atoms. The van der Waals surface area contributed by atoms with E-state index in [4.69, 9.17) is 4.74 Å². The average molecular weight is 840 g/mol. The number of hydrogen-bond acceptors (Lipinski definition) is 2. The van der Waals surface area contributed by atoms with Crippen LogP contribution in [0.25, 0.3) is 22.3 Å². The molecule has 0 aromatic heterocycles. The summed E-state index contributed by atoms with van der Waals surface area (Å²) in [4.78, 5) is 2.49. The highest BCUT2D eigenvalue weighted by atomic mass is 16.5. The van der Waals surface area contributed by atoms with Crippen LogP contribution in [0.15, 0.2) is 127 Å². The monoisotopic (exact) mass is 840 g/mol. The molecule has 6 aliphatic carbocycles. The van der Waals surface area contributed by atoms with E-state index in [2.05, 4.69) is 188 Å². The first-order valence-corrected chi connectivity index (χ1v) is 24.8. The zero-order valence-electron chi connectivity index (χ0n) is 39.4. The van der Waals surface area contributed by atoms with Crippen molar-refractivity contribution >= 4 is 17.1 Å². The van der Waals surface area contributed by atoms with Crippen molar-refractivity contribution in [2.24, 2.45) is 29.1 Å². The SMILES string of the molecule is CC1(C)CCC(C)(C)c2cc(-c3ccc(N(c4ccc(-c5cccc6c5Oc5ccccc5C65C6CC7CC8CC5C86C7)cc4)c4ccc5c(c4)C(C)(C)CCC5(C)C)cc3)ccc21. The van der Waals surface area contributed by atoms with Crippen LogP contribution in [0.3, 0.4) is 0 Å². The third-order valence-electron chi connectivity index (χ3n) is 19.4. The Hall–Kier alpha value is -5.08. The van der Waals surface area contributed by atoms with Crippen LogP contribution < -0.4 is 9.64 Å². The van der Waals surface area contributed by atoms with Crippen molar-refractivity contribution in [3.8, 4) is 33.8 Å². The van der Waals surface area contributed by atoms with Crippen molar-refractivity contribution in [1.82, 2.24) is 0 Å². The number of fused-ring (bicyclic) bond motifs is 9. The molecule has 2 bridgehead atoms. The summed E-state index contributed by atoms with van der Waals surface area (Å²) in [6.45, 7) is 19.4. The lowest BCUT2D eigenvalue weighted by Crippen LogP contribution is -2.74. The van der Waals surface area contributed by atoms with Gasteiger partial charge >= 0.3 is 0 Å². The summed E-state index contributed by atoms with van der Waals surface area (Å²) >= 11 is 0. The van der Waals surface area contributed by atoms with Gasteiger partial charge in [0.2, 0.25) is 0 Å². The van der Waals surface area contributed by atoms with E-state index in [0.717, 1.165) is 40.9 Å². The molecule has 2 spiro atoms. The maximum absolute atomic E-state index is 7.08. The molecule has 1 aliphatic heterocycles. The van der Waals surface area contributed by atoms with Gasteiger partial charge in [-0.05, 0) is 184 Å². The number of para-hydroxylation sites is 2. The highest BCUT2D eigenvalue weighted by Crippen LogP contribution is 2.89. The van der Waals surface area contributed by atoms with Gasteiger partial charge in [-0.25, -0.2) is 0 Å². The van der Waals surface area contributed by atoms with Crippen molar-refractivity contribution in [1.29, 1.82) is 0 Å². The molecule has 6 aromatic carbocycles. The molecule has 0 amide bonds. The molecule has 0 radical (unpaired) electrons. The lowest BCUT2D eigenvalue weighted by molar-refractivity contribution is -0.235. The molecule has 7 aliphatic rings.